The van der Waals surface area contributed by atoms with Crippen molar-refractivity contribution in [3.63, 3.8) is 0 Å². The fourth-order valence-corrected chi connectivity index (χ4v) is 3.26. The standard InChI is InChI=1S/C16H20N2O2/c1-11-8-13(9-11)18-10-14(19)17-16(2,15(18)20)12-6-4-3-5-7-12/h3-7,11,13H,8-10H2,1-2H3,(H,17,19). The molecule has 0 aromatic heterocycles. The molecule has 2 fully saturated rings. The SMILES string of the molecule is CC1CC(N2CC(=O)NC(C)(c3ccccc3)C2=O)C1. The molecule has 3 rings (SSSR count). The van der Waals surface area contributed by atoms with Crippen molar-refractivity contribution < 1.29 is 9.59 Å². The lowest BCUT2D eigenvalue weighted by molar-refractivity contribution is -0.154. The Morgan fingerprint density at radius 1 is 1.20 bits per heavy atom. The van der Waals surface area contributed by atoms with Crippen molar-refractivity contribution in [2.24, 2.45) is 5.92 Å². The third-order valence-corrected chi connectivity index (χ3v) is 4.53. The summed E-state index contributed by atoms with van der Waals surface area (Å²) in [6.45, 7) is 4.18. The van der Waals surface area contributed by atoms with Crippen LogP contribution < -0.4 is 5.32 Å². The molecular formula is C16H20N2O2. The molecule has 2 amide bonds. The summed E-state index contributed by atoms with van der Waals surface area (Å²) in [4.78, 5) is 26.6. The summed E-state index contributed by atoms with van der Waals surface area (Å²) < 4.78 is 0. The van der Waals surface area contributed by atoms with Crippen LogP contribution in [0.25, 0.3) is 0 Å². The Labute approximate surface area is 119 Å². The maximum Gasteiger partial charge on any atom is 0.253 e. The molecule has 0 spiro atoms. The monoisotopic (exact) mass is 272 g/mol. The first-order valence-electron chi connectivity index (χ1n) is 7.18. The van der Waals surface area contributed by atoms with E-state index >= 15 is 0 Å². The van der Waals surface area contributed by atoms with Crippen LogP contribution in [0.1, 0.15) is 32.3 Å². The van der Waals surface area contributed by atoms with Crippen LogP contribution in [-0.2, 0) is 15.1 Å². The van der Waals surface area contributed by atoms with E-state index in [0.29, 0.717) is 5.92 Å². The molecule has 1 heterocycles. The fraction of sp³-hybridized carbons (Fsp3) is 0.500. The number of nitrogens with zero attached hydrogens (tertiary/aromatic N) is 1. The number of carbonyl (C=O) groups is 2. The highest BCUT2D eigenvalue weighted by molar-refractivity contribution is 5.98. The van der Waals surface area contributed by atoms with Crippen LogP contribution in [0.5, 0.6) is 0 Å². The average Bonchev–Trinajstić information content (AvgIpc) is 2.40. The smallest absolute Gasteiger partial charge is 0.253 e. The number of amides is 2. The van der Waals surface area contributed by atoms with Crippen LogP contribution in [0.15, 0.2) is 30.3 Å². The number of benzene rings is 1. The Balaban J connectivity index is 1.91. The highest BCUT2D eigenvalue weighted by atomic mass is 16.2. The van der Waals surface area contributed by atoms with Gasteiger partial charge in [-0.3, -0.25) is 9.59 Å². The van der Waals surface area contributed by atoms with Gasteiger partial charge in [0.25, 0.3) is 5.91 Å². The largest absolute Gasteiger partial charge is 0.337 e. The molecule has 1 aliphatic heterocycles. The predicted octanol–water partition coefficient (Wildman–Crippen LogP) is 1.66. The van der Waals surface area contributed by atoms with E-state index in [1.165, 1.54) is 0 Å². The highest BCUT2D eigenvalue weighted by Gasteiger charge is 2.48. The molecule has 1 N–H and O–H groups in total. The summed E-state index contributed by atoms with van der Waals surface area (Å²) in [6, 6.07) is 9.71. The lowest BCUT2D eigenvalue weighted by Crippen LogP contribution is -2.66. The summed E-state index contributed by atoms with van der Waals surface area (Å²) in [5.74, 6) is 0.594. The fourth-order valence-electron chi connectivity index (χ4n) is 3.26. The minimum Gasteiger partial charge on any atom is -0.337 e. The second-order valence-corrected chi connectivity index (χ2v) is 6.20. The van der Waals surface area contributed by atoms with Gasteiger partial charge in [0.2, 0.25) is 5.91 Å². The van der Waals surface area contributed by atoms with Gasteiger partial charge in [-0.1, -0.05) is 37.3 Å². The zero-order valence-corrected chi connectivity index (χ0v) is 11.9. The van der Waals surface area contributed by atoms with Crippen molar-refractivity contribution in [1.82, 2.24) is 10.2 Å². The summed E-state index contributed by atoms with van der Waals surface area (Å²) in [5.41, 5.74) is -0.0921. The molecule has 0 bridgehead atoms. The van der Waals surface area contributed by atoms with Crippen molar-refractivity contribution in [3.05, 3.63) is 35.9 Å². The van der Waals surface area contributed by atoms with Gasteiger partial charge in [-0.2, -0.15) is 0 Å². The van der Waals surface area contributed by atoms with Crippen LogP contribution in [-0.4, -0.2) is 29.3 Å². The molecule has 1 saturated carbocycles. The second kappa shape index (κ2) is 4.62. The molecule has 4 heteroatoms. The van der Waals surface area contributed by atoms with Crippen molar-refractivity contribution in [2.75, 3.05) is 6.54 Å². The lowest BCUT2D eigenvalue weighted by atomic mass is 9.78. The van der Waals surface area contributed by atoms with Crippen LogP contribution in [0, 0.1) is 5.92 Å². The second-order valence-electron chi connectivity index (χ2n) is 6.20. The topological polar surface area (TPSA) is 49.4 Å². The Kier molecular flexibility index (Phi) is 3.04. The number of carbonyl (C=O) groups excluding carboxylic acids is 2. The molecule has 1 saturated heterocycles. The quantitative estimate of drug-likeness (QED) is 0.890. The summed E-state index contributed by atoms with van der Waals surface area (Å²) in [6.07, 6.45) is 2.01. The number of hydrogen-bond donors (Lipinski definition) is 1. The van der Waals surface area contributed by atoms with Gasteiger partial charge in [-0.25, -0.2) is 0 Å². The third kappa shape index (κ3) is 1.99. The number of rotatable bonds is 2. The number of hydrogen-bond acceptors (Lipinski definition) is 2. The van der Waals surface area contributed by atoms with Gasteiger partial charge in [0.05, 0.1) is 6.54 Å². The van der Waals surface area contributed by atoms with Crippen LogP contribution in [0.3, 0.4) is 0 Å². The Morgan fingerprint density at radius 2 is 1.85 bits per heavy atom. The lowest BCUT2D eigenvalue weighted by Gasteiger charge is -2.48. The first kappa shape index (κ1) is 13.2. The summed E-state index contributed by atoms with van der Waals surface area (Å²) in [5, 5.41) is 2.87. The minimum absolute atomic E-state index is 0.0141. The third-order valence-electron chi connectivity index (χ3n) is 4.53. The average molecular weight is 272 g/mol. The first-order valence-corrected chi connectivity index (χ1v) is 7.18. The van der Waals surface area contributed by atoms with E-state index in [9.17, 15) is 9.59 Å². The van der Waals surface area contributed by atoms with Gasteiger partial charge in [0.15, 0.2) is 0 Å². The Morgan fingerprint density at radius 3 is 2.45 bits per heavy atom. The van der Waals surface area contributed by atoms with Crippen LogP contribution >= 0.6 is 0 Å². The molecular weight excluding hydrogens is 252 g/mol. The highest BCUT2D eigenvalue weighted by Crippen LogP contribution is 2.35. The van der Waals surface area contributed by atoms with E-state index in [4.69, 9.17) is 0 Å². The van der Waals surface area contributed by atoms with E-state index in [1.807, 2.05) is 30.3 Å². The molecule has 2 aliphatic rings. The zero-order chi connectivity index (χ0) is 14.3. The first-order chi connectivity index (χ1) is 9.50. The molecule has 106 valence electrons. The molecule has 1 unspecified atom stereocenters. The zero-order valence-electron chi connectivity index (χ0n) is 11.9. The summed E-state index contributed by atoms with van der Waals surface area (Å²) >= 11 is 0. The molecule has 20 heavy (non-hydrogen) atoms. The predicted molar refractivity (Wildman–Crippen MR) is 75.8 cm³/mol. The molecule has 1 aliphatic carbocycles. The van der Waals surface area contributed by atoms with Crippen molar-refractivity contribution >= 4 is 11.8 Å². The molecule has 0 radical (unpaired) electrons. The minimum atomic E-state index is -0.935. The van der Waals surface area contributed by atoms with Crippen molar-refractivity contribution in [3.8, 4) is 0 Å². The Hall–Kier alpha value is -1.84. The van der Waals surface area contributed by atoms with Gasteiger partial charge in [-0.15, -0.1) is 0 Å². The van der Waals surface area contributed by atoms with Crippen LogP contribution in [0.4, 0.5) is 0 Å². The van der Waals surface area contributed by atoms with Gasteiger partial charge in [-0.05, 0) is 31.2 Å². The van der Waals surface area contributed by atoms with Gasteiger partial charge in [0.1, 0.15) is 5.54 Å². The van der Waals surface area contributed by atoms with E-state index < -0.39 is 5.54 Å². The molecule has 1 aromatic rings. The molecule has 1 aromatic carbocycles. The summed E-state index contributed by atoms with van der Waals surface area (Å²) in [7, 11) is 0. The van der Waals surface area contributed by atoms with E-state index in [1.54, 1.807) is 11.8 Å². The molecule has 1 atom stereocenters. The van der Waals surface area contributed by atoms with E-state index in [2.05, 4.69) is 12.2 Å². The van der Waals surface area contributed by atoms with Gasteiger partial charge >= 0.3 is 0 Å². The maximum absolute atomic E-state index is 12.8. The molecule has 4 nitrogen and oxygen atoms in total. The van der Waals surface area contributed by atoms with Crippen molar-refractivity contribution in [1.29, 1.82) is 0 Å². The van der Waals surface area contributed by atoms with Gasteiger partial charge in [0, 0.05) is 6.04 Å². The van der Waals surface area contributed by atoms with Crippen molar-refractivity contribution in [2.45, 2.75) is 38.3 Å². The maximum atomic E-state index is 12.8. The van der Waals surface area contributed by atoms with Gasteiger partial charge < -0.3 is 10.2 Å². The number of nitrogens with one attached hydrogen (secondary N) is 1. The van der Waals surface area contributed by atoms with E-state index in [0.717, 1.165) is 18.4 Å². The van der Waals surface area contributed by atoms with E-state index in [-0.39, 0.29) is 24.4 Å². The number of piperazine rings is 1. The Bertz CT molecular complexity index is 537. The normalized spacial score (nSPS) is 33.6. The van der Waals surface area contributed by atoms with Crippen LogP contribution in [0.2, 0.25) is 0 Å².